The Hall–Kier alpha value is -3.61. The Kier molecular flexibility index (Phi) is 7.31. The van der Waals surface area contributed by atoms with Gasteiger partial charge in [-0.25, -0.2) is 4.39 Å². The van der Waals surface area contributed by atoms with E-state index in [1.54, 1.807) is 24.3 Å². The minimum atomic E-state index is -0.301. The van der Waals surface area contributed by atoms with Crippen molar-refractivity contribution in [3.8, 4) is 5.75 Å². The van der Waals surface area contributed by atoms with Crippen molar-refractivity contribution in [1.29, 1.82) is 0 Å². The molecule has 5 rings (SSSR count). The van der Waals surface area contributed by atoms with Crippen molar-refractivity contribution in [2.45, 2.75) is 64.6 Å². The van der Waals surface area contributed by atoms with E-state index in [-0.39, 0.29) is 48.0 Å². The molecule has 1 atom stereocenters. The van der Waals surface area contributed by atoms with Crippen LogP contribution in [0.3, 0.4) is 0 Å². The number of carbonyl (C=O) groups excluding carboxylic acids is 2. The van der Waals surface area contributed by atoms with Crippen molar-refractivity contribution in [3.05, 3.63) is 88.6 Å². The molecule has 2 aliphatic rings. The number of rotatable bonds is 7. The minimum absolute atomic E-state index is 0.0157. The predicted octanol–water partition coefficient (Wildman–Crippen LogP) is 5.80. The van der Waals surface area contributed by atoms with Crippen LogP contribution in [-0.4, -0.2) is 29.3 Å². The molecule has 37 heavy (non-hydrogen) atoms. The summed E-state index contributed by atoms with van der Waals surface area (Å²) in [5.41, 5.74) is 3.04. The number of hydrogen-bond acceptors (Lipinski definition) is 4. The summed E-state index contributed by atoms with van der Waals surface area (Å²) in [5.74, 6) is 1.12. The van der Waals surface area contributed by atoms with Crippen molar-refractivity contribution < 1.29 is 23.1 Å². The second kappa shape index (κ2) is 10.8. The Morgan fingerprint density at radius 3 is 2.57 bits per heavy atom. The first-order valence-electron chi connectivity index (χ1n) is 13.1. The Morgan fingerprint density at radius 1 is 1.08 bits per heavy atom. The summed E-state index contributed by atoms with van der Waals surface area (Å²) in [6, 6.07) is 15.5. The number of fused-ring (bicyclic) bond motifs is 1. The lowest BCUT2D eigenvalue weighted by molar-refractivity contribution is -0.137. The van der Waals surface area contributed by atoms with Gasteiger partial charge in [-0.3, -0.25) is 9.59 Å². The van der Waals surface area contributed by atoms with E-state index in [0.29, 0.717) is 18.1 Å². The molecule has 6 nitrogen and oxygen atoms in total. The summed E-state index contributed by atoms with van der Waals surface area (Å²) in [6.45, 7) is 4.59. The van der Waals surface area contributed by atoms with Crippen molar-refractivity contribution in [2.75, 3.05) is 6.54 Å². The highest BCUT2D eigenvalue weighted by molar-refractivity contribution is 5.91. The number of nitrogens with zero attached hydrogens (tertiary/aromatic N) is 1. The topological polar surface area (TPSA) is 71.8 Å². The van der Waals surface area contributed by atoms with Gasteiger partial charge in [0.05, 0.1) is 6.04 Å². The number of amides is 2. The quantitative estimate of drug-likeness (QED) is 0.441. The van der Waals surface area contributed by atoms with Gasteiger partial charge in [-0.1, -0.05) is 31.0 Å². The minimum Gasteiger partial charge on any atom is -0.486 e. The molecule has 0 radical (unpaired) electrons. The van der Waals surface area contributed by atoms with Crippen molar-refractivity contribution in [1.82, 2.24) is 10.2 Å². The first-order chi connectivity index (χ1) is 17.9. The molecule has 7 heteroatoms. The standard InChI is InChI=1S/C30H33FN2O4/c1-19(2)32-29(34)27-14-13-25(37-27)18-36-24-12-9-20-15-16-33(30(35)22-5-3-4-6-22)28(26(20)17-24)21-7-10-23(31)11-8-21/h7-14,17,19,22,28H,3-6,15-16,18H2,1-2H3,(H,32,34). The maximum Gasteiger partial charge on any atom is 0.287 e. The second-order valence-electron chi connectivity index (χ2n) is 10.3. The third kappa shape index (κ3) is 5.55. The molecule has 1 unspecified atom stereocenters. The zero-order chi connectivity index (χ0) is 25.9. The van der Waals surface area contributed by atoms with Crippen LogP contribution >= 0.6 is 0 Å². The third-order valence-corrected chi connectivity index (χ3v) is 7.21. The molecule has 1 aliphatic heterocycles. The van der Waals surface area contributed by atoms with E-state index in [0.717, 1.165) is 48.8 Å². The summed E-state index contributed by atoms with van der Waals surface area (Å²) < 4.78 is 25.5. The van der Waals surface area contributed by atoms with E-state index in [2.05, 4.69) is 5.32 Å². The van der Waals surface area contributed by atoms with Crippen LogP contribution in [0.25, 0.3) is 0 Å². The molecule has 194 valence electrons. The largest absolute Gasteiger partial charge is 0.486 e. The molecule has 3 aromatic rings. The molecular formula is C30H33FN2O4. The van der Waals surface area contributed by atoms with E-state index in [1.807, 2.05) is 36.9 Å². The molecule has 1 aliphatic carbocycles. The van der Waals surface area contributed by atoms with Crippen LogP contribution in [0.15, 0.2) is 59.0 Å². The zero-order valence-corrected chi connectivity index (χ0v) is 21.3. The highest BCUT2D eigenvalue weighted by Crippen LogP contribution is 2.39. The predicted molar refractivity (Wildman–Crippen MR) is 138 cm³/mol. The van der Waals surface area contributed by atoms with E-state index in [9.17, 15) is 14.0 Å². The van der Waals surface area contributed by atoms with Gasteiger partial charge < -0.3 is 19.4 Å². The first kappa shape index (κ1) is 25.1. The highest BCUT2D eigenvalue weighted by atomic mass is 19.1. The Bertz CT molecular complexity index is 1260. The van der Waals surface area contributed by atoms with Gasteiger partial charge in [0, 0.05) is 18.5 Å². The van der Waals surface area contributed by atoms with Crippen molar-refractivity contribution in [3.63, 3.8) is 0 Å². The van der Waals surface area contributed by atoms with Crippen LogP contribution in [0.1, 0.15) is 78.6 Å². The van der Waals surface area contributed by atoms with Crippen LogP contribution in [-0.2, 0) is 17.8 Å². The normalized spacial score (nSPS) is 17.6. The molecule has 2 amide bonds. The van der Waals surface area contributed by atoms with Crippen LogP contribution in [0.5, 0.6) is 5.75 Å². The first-order valence-corrected chi connectivity index (χ1v) is 13.1. The smallest absolute Gasteiger partial charge is 0.287 e. The zero-order valence-electron chi connectivity index (χ0n) is 21.3. The number of benzene rings is 2. The van der Waals surface area contributed by atoms with E-state index in [4.69, 9.17) is 9.15 Å². The molecule has 1 fully saturated rings. The summed E-state index contributed by atoms with van der Waals surface area (Å²) in [4.78, 5) is 27.7. The number of nitrogens with one attached hydrogen (secondary N) is 1. The maximum atomic E-state index is 13.8. The third-order valence-electron chi connectivity index (χ3n) is 7.21. The Balaban J connectivity index is 1.39. The summed E-state index contributed by atoms with van der Waals surface area (Å²) >= 11 is 0. The van der Waals surface area contributed by atoms with E-state index in [1.165, 1.54) is 12.1 Å². The lowest BCUT2D eigenvalue weighted by Gasteiger charge is -2.39. The molecule has 1 aromatic heterocycles. The molecule has 2 heterocycles. The lowest BCUT2D eigenvalue weighted by Crippen LogP contribution is -2.43. The van der Waals surface area contributed by atoms with Gasteiger partial charge in [-0.05, 0) is 86.2 Å². The lowest BCUT2D eigenvalue weighted by atomic mass is 9.87. The molecular weight excluding hydrogens is 471 g/mol. The number of ether oxygens (including phenoxy) is 1. The van der Waals surface area contributed by atoms with Gasteiger partial charge in [0.1, 0.15) is 23.9 Å². The van der Waals surface area contributed by atoms with Gasteiger partial charge in [-0.15, -0.1) is 0 Å². The number of carbonyl (C=O) groups is 2. The fourth-order valence-electron chi connectivity index (χ4n) is 5.40. The fraction of sp³-hybridized carbons (Fsp3) is 0.400. The fourth-order valence-corrected chi connectivity index (χ4v) is 5.40. The Labute approximate surface area is 216 Å². The maximum absolute atomic E-state index is 13.8. The second-order valence-corrected chi connectivity index (χ2v) is 10.3. The molecule has 0 bridgehead atoms. The van der Waals surface area contributed by atoms with E-state index >= 15 is 0 Å². The monoisotopic (exact) mass is 504 g/mol. The molecule has 0 spiro atoms. The van der Waals surface area contributed by atoms with Crippen LogP contribution in [0.2, 0.25) is 0 Å². The van der Waals surface area contributed by atoms with Gasteiger partial charge in [0.25, 0.3) is 5.91 Å². The average molecular weight is 505 g/mol. The average Bonchev–Trinajstić information content (AvgIpc) is 3.59. The van der Waals surface area contributed by atoms with Crippen LogP contribution < -0.4 is 10.1 Å². The molecule has 1 saturated carbocycles. The highest BCUT2D eigenvalue weighted by Gasteiger charge is 2.36. The van der Waals surface area contributed by atoms with Crippen molar-refractivity contribution >= 4 is 11.8 Å². The number of furan rings is 1. The van der Waals surface area contributed by atoms with Crippen LogP contribution in [0, 0.1) is 11.7 Å². The van der Waals surface area contributed by atoms with Crippen LogP contribution in [0.4, 0.5) is 4.39 Å². The van der Waals surface area contributed by atoms with Gasteiger partial charge in [-0.2, -0.15) is 0 Å². The molecule has 1 N–H and O–H groups in total. The van der Waals surface area contributed by atoms with Crippen molar-refractivity contribution in [2.24, 2.45) is 5.92 Å². The Morgan fingerprint density at radius 2 is 1.84 bits per heavy atom. The molecule has 0 saturated heterocycles. The van der Waals surface area contributed by atoms with Gasteiger partial charge >= 0.3 is 0 Å². The summed E-state index contributed by atoms with van der Waals surface area (Å²) in [6.07, 6.45) is 4.81. The number of hydrogen-bond donors (Lipinski definition) is 1. The molecule has 2 aromatic carbocycles. The van der Waals surface area contributed by atoms with Gasteiger partial charge in [0.2, 0.25) is 5.91 Å². The summed E-state index contributed by atoms with van der Waals surface area (Å²) in [5, 5.41) is 2.81. The van der Waals surface area contributed by atoms with Gasteiger partial charge in [0.15, 0.2) is 5.76 Å². The number of halogens is 1. The summed E-state index contributed by atoms with van der Waals surface area (Å²) in [7, 11) is 0. The van der Waals surface area contributed by atoms with E-state index < -0.39 is 0 Å². The SMILES string of the molecule is CC(C)NC(=O)c1ccc(COc2ccc3c(c2)C(c2ccc(F)cc2)N(C(=O)C2CCCC2)CC3)o1.